The Morgan fingerprint density at radius 1 is 1.31 bits per heavy atom. The van der Waals surface area contributed by atoms with Gasteiger partial charge in [-0.3, -0.25) is 0 Å². The van der Waals surface area contributed by atoms with Crippen LogP contribution in [0, 0.1) is 6.92 Å². The van der Waals surface area contributed by atoms with E-state index in [1.165, 1.54) is 0 Å². The van der Waals surface area contributed by atoms with Gasteiger partial charge >= 0.3 is 0 Å². The highest BCUT2D eigenvalue weighted by atomic mass is 35.5. The molecule has 1 aromatic heterocycles. The van der Waals surface area contributed by atoms with E-state index in [1.807, 2.05) is 19.1 Å². The lowest BCUT2D eigenvalue weighted by molar-refractivity contribution is 1.13. The molecule has 0 bridgehead atoms. The van der Waals surface area contributed by atoms with Gasteiger partial charge in [0.2, 0.25) is 0 Å². The Labute approximate surface area is 106 Å². The third kappa shape index (κ3) is 2.23. The highest BCUT2D eigenvalue weighted by Gasteiger charge is 2.05. The van der Waals surface area contributed by atoms with E-state index in [0.29, 0.717) is 5.82 Å². The van der Waals surface area contributed by atoms with Crippen LogP contribution >= 0.6 is 24.0 Å². The minimum Gasteiger partial charge on any atom is -0.383 e. The molecule has 86 valence electrons. The number of hydrogen-bond donors (Lipinski definition) is 1. The lowest BCUT2D eigenvalue weighted by Gasteiger charge is -2.07. The fourth-order valence-electron chi connectivity index (χ4n) is 1.76. The Balaban J connectivity index is 0.00000128. The Morgan fingerprint density at radius 3 is 2.62 bits per heavy atom. The Bertz CT molecular complexity index is 524. The van der Waals surface area contributed by atoms with Crippen molar-refractivity contribution < 1.29 is 0 Å². The van der Waals surface area contributed by atoms with Crippen LogP contribution in [0.5, 0.6) is 0 Å². The summed E-state index contributed by atoms with van der Waals surface area (Å²) < 4.78 is 0. The van der Waals surface area contributed by atoms with Crippen molar-refractivity contribution >= 4 is 40.7 Å². The number of benzene rings is 1. The molecular weight excluding hydrogens is 243 g/mol. The van der Waals surface area contributed by atoms with E-state index >= 15 is 0 Å². The summed E-state index contributed by atoms with van der Waals surface area (Å²) in [6.45, 7) is 4.06. The molecule has 0 saturated heterocycles. The second kappa shape index (κ2) is 4.89. The number of halogens is 2. The summed E-state index contributed by atoms with van der Waals surface area (Å²) in [5.41, 5.74) is 8.93. The quantitative estimate of drug-likeness (QED) is 0.844. The predicted octanol–water partition coefficient (Wildman–Crippen LogP) is 3.76. The van der Waals surface area contributed by atoms with Crippen LogP contribution < -0.4 is 5.73 Å². The van der Waals surface area contributed by atoms with Gasteiger partial charge < -0.3 is 5.73 Å². The maximum atomic E-state index is 6.00. The number of nitrogen functional groups attached to an aromatic ring is 1. The number of pyridine rings is 1. The fourth-order valence-corrected chi connectivity index (χ4v) is 2.04. The van der Waals surface area contributed by atoms with Crippen LogP contribution in [0.2, 0.25) is 5.02 Å². The first-order chi connectivity index (χ1) is 7.11. The zero-order valence-electron chi connectivity index (χ0n) is 9.25. The van der Waals surface area contributed by atoms with Gasteiger partial charge in [-0.2, -0.15) is 0 Å². The second-order valence-electron chi connectivity index (χ2n) is 3.68. The first-order valence-corrected chi connectivity index (χ1v) is 5.35. The average molecular weight is 257 g/mol. The summed E-state index contributed by atoms with van der Waals surface area (Å²) in [5.74, 6) is 0.621. The molecule has 2 nitrogen and oxygen atoms in total. The van der Waals surface area contributed by atoms with E-state index < -0.39 is 0 Å². The van der Waals surface area contributed by atoms with E-state index in [9.17, 15) is 0 Å². The monoisotopic (exact) mass is 256 g/mol. The molecule has 0 fully saturated rings. The minimum absolute atomic E-state index is 0. The topological polar surface area (TPSA) is 38.9 Å². The van der Waals surface area contributed by atoms with Crippen LogP contribution in [0.3, 0.4) is 0 Å². The lowest BCUT2D eigenvalue weighted by Crippen LogP contribution is -1.98. The molecule has 1 heterocycles. The third-order valence-electron chi connectivity index (χ3n) is 2.57. The summed E-state index contributed by atoms with van der Waals surface area (Å²) >= 11 is 6.00. The summed E-state index contributed by atoms with van der Waals surface area (Å²) in [5, 5.41) is 1.81. The molecule has 0 spiro atoms. The van der Waals surface area contributed by atoms with E-state index in [1.54, 1.807) is 0 Å². The molecule has 0 aliphatic carbocycles. The van der Waals surface area contributed by atoms with Crippen LogP contribution in [-0.2, 0) is 6.42 Å². The summed E-state index contributed by atoms with van der Waals surface area (Å²) in [6.07, 6.45) is 0.889. The van der Waals surface area contributed by atoms with Crippen LogP contribution in [0.1, 0.15) is 18.1 Å². The number of rotatable bonds is 1. The van der Waals surface area contributed by atoms with Gasteiger partial charge in [0.1, 0.15) is 5.82 Å². The standard InChI is InChI=1S/C12H13ClN2.ClH/c1-3-8-5-9-6-10(13)4-7(2)11(9)15-12(8)14;/h4-6H,3H2,1-2H3,(H2,14,15);1H. The molecular formula is C12H14Cl2N2. The molecule has 0 radical (unpaired) electrons. The van der Waals surface area contributed by atoms with Gasteiger partial charge in [-0.15, -0.1) is 12.4 Å². The summed E-state index contributed by atoms with van der Waals surface area (Å²) in [6, 6.07) is 5.90. The molecule has 2 N–H and O–H groups in total. The predicted molar refractivity (Wildman–Crippen MR) is 72.5 cm³/mol. The lowest BCUT2D eigenvalue weighted by atomic mass is 10.1. The molecule has 16 heavy (non-hydrogen) atoms. The summed E-state index contributed by atoms with van der Waals surface area (Å²) in [7, 11) is 0. The van der Waals surface area contributed by atoms with Crippen LogP contribution in [0.15, 0.2) is 18.2 Å². The zero-order valence-corrected chi connectivity index (χ0v) is 10.8. The van der Waals surface area contributed by atoms with Crippen molar-refractivity contribution in [2.75, 3.05) is 5.73 Å². The van der Waals surface area contributed by atoms with Crippen LogP contribution in [0.25, 0.3) is 10.9 Å². The van der Waals surface area contributed by atoms with Crippen molar-refractivity contribution in [1.82, 2.24) is 4.98 Å². The SMILES string of the molecule is CCc1cc2cc(Cl)cc(C)c2nc1N.Cl. The van der Waals surface area contributed by atoms with Crippen LogP contribution in [0.4, 0.5) is 5.82 Å². The van der Waals surface area contributed by atoms with Gasteiger partial charge in [-0.05, 0) is 42.7 Å². The number of aromatic nitrogens is 1. The normalized spacial score (nSPS) is 10.2. The molecule has 0 unspecified atom stereocenters. The van der Waals surface area contributed by atoms with Gasteiger partial charge in [-0.1, -0.05) is 18.5 Å². The van der Waals surface area contributed by atoms with Gasteiger partial charge in [0.05, 0.1) is 5.52 Å². The average Bonchev–Trinajstić information content (AvgIpc) is 2.18. The molecule has 2 rings (SSSR count). The number of fused-ring (bicyclic) bond motifs is 1. The maximum absolute atomic E-state index is 6.00. The largest absolute Gasteiger partial charge is 0.383 e. The first-order valence-electron chi connectivity index (χ1n) is 4.97. The number of nitrogens with zero attached hydrogens (tertiary/aromatic N) is 1. The van der Waals surface area contributed by atoms with Crippen LogP contribution in [-0.4, -0.2) is 4.98 Å². The van der Waals surface area contributed by atoms with Gasteiger partial charge in [0.25, 0.3) is 0 Å². The van der Waals surface area contributed by atoms with Crippen molar-refractivity contribution in [3.63, 3.8) is 0 Å². The number of aryl methyl sites for hydroxylation is 2. The van der Waals surface area contributed by atoms with Crippen molar-refractivity contribution in [3.8, 4) is 0 Å². The van der Waals surface area contributed by atoms with Gasteiger partial charge in [0.15, 0.2) is 0 Å². The maximum Gasteiger partial charge on any atom is 0.127 e. The molecule has 2 aromatic rings. The minimum atomic E-state index is 0. The van der Waals surface area contributed by atoms with Crippen molar-refractivity contribution in [2.45, 2.75) is 20.3 Å². The van der Waals surface area contributed by atoms with E-state index in [0.717, 1.165) is 33.5 Å². The van der Waals surface area contributed by atoms with Gasteiger partial charge in [-0.25, -0.2) is 4.98 Å². The van der Waals surface area contributed by atoms with E-state index in [2.05, 4.69) is 18.0 Å². The molecule has 4 heteroatoms. The zero-order chi connectivity index (χ0) is 11.0. The van der Waals surface area contributed by atoms with E-state index in [-0.39, 0.29) is 12.4 Å². The Kier molecular flexibility index (Phi) is 4.00. The first kappa shape index (κ1) is 13.1. The van der Waals surface area contributed by atoms with E-state index in [4.69, 9.17) is 17.3 Å². The Morgan fingerprint density at radius 2 is 2.00 bits per heavy atom. The van der Waals surface area contributed by atoms with Crippen molar-refractivity contribution in [1.29, 1.82) is 0 Å². The van der Waals surface area contributed by atoms with Gasteiger partial charge in [0, 0.05) is 10.4 Å². The van der Waals surface area contributed by atoms with Crippen molar-refractivity contribution in [3.05, 3.63) is 34.3 Å². The molecule has 0 atom stereocenters. The Hall–Kier alpha value is -0.990. The molecule has 0 saturated carbocycles. The molecule has 0 amide bonds. The highest BCUT2D eigenvalue weighted by Crippen LogP contribution is 2.25. The smallest absolute Gasteiger partial charge is 0.127 e. The highest BCUT2D eigenvalue weighted by molar-refractivity contribution is 6.31. The third-order valence-corrected chi connectivity index (χ3v) is 2.78. The fraction of sp³-hybridized carbons (Fsp3) is 0.250. The number of nitrogens with two attached hydrogens (primary N) is 1. The molecule has 0 aliphatic rings. The molecule has 0 aliphatic heterocycles. The molecule has 1 aromatic carbocycles. The number of anilines is 1. The second-order valence-corrected chi connectivity index (χ2v) is 4.12. The van der Waals surface area contributed by atoms with Crippen molar-refractivity contribution in [2.24, 2.45) is 0 Å². The summed E-state index contributed by atoms with van der Waals surface area (Å²) in [4.78, 5) is 4.41. The number of hydrogen-bond acceptors (Lipinski definition) is 2.